The van der Waals surface area contributed by atoms with Gasteiger partial charge in [-0.25, -0.2) is 0 Å². The number of halogens is 1. The Bertz CT molecular complexity index is 464. The Morgan fingerprint density at radius 2 is 2.05 bits per heavy atom. The molecule has 1 aromatic rings. The van der Waals surface area contributed by atoms with Crippen molar-refractivity contribution < 1.29 is 9.47 Å². The smallest absolute Gasteiger partial charge is 0.231 e. The molecule has 1 aliphatic rings. The zero-order valence-electron chi connectivity index (χ0n) is 12.2. The van der Waals surface area contributed by atoms with Gasteiger partial charge in [0.1, 0.15) is 0 Å². The first-order chi connectivity index (χ1) is 9.20. The fourth-order valence-corrected chi connectivity index (χ4v) is 1.90. The Labute approximate surface area is 137 Å². The van der Waals surface area contributed by atoms with Gasteiger partial charge in [-0.3, -0.25) is 4.99 Å². The third kappa shape index (κ3) is 4.43. The van der Waals surface area contributed by atoms with E-state index in [1.165, 1.54) is 5.56 Å². The van der Waals surface area contributed by atoms with Gasteiger partial charge in [-0.15, -0.1) is 24.0 Å². The van der Waals surface area contributed by atoms with Crippen molar-refractivity contribution in [2.75, 3.05) is 34.0 Å². The van der Waals surface area contributed by atoms with E-state index in [4.69, 9.17) is 9.47 Å². The molecule has 1 aliphatic heterocycles. The van der Waals surface area contributed by atoms with Crippen LogP contribution in [0.25, 0.3) is 0 Å². The zero-order valence-corrected chi connectivity index (χ0v) is 14.5. The Balaban J connectivity index is 0.00000200. The lowest BCUT2D eigenvalue weighted by atomic mass is 10.1. The number of aliphatic imine (C=N–C) groups is 1. The van der Waals surface area contributed by atoms with Crippen LogP contribution in [0.5, 0.6) is 11.5 Å². The molecule has 2 rings (SSSR count). The third-order valence-electron chi connectivity index (χ3n) is 2.86. The van der Waals surface area contributed by atoms with Gasteiger partial charge in [-0.1, -0.05) is 6.07 Å². The van der Waals surface area contributed by atoms with Crippen LogP contribution in [-0.4, -0.2) is 44.8 Å². The lowest BCUT2D eigenvalue weighted by Crippen LogP contribution is -2.36. The Hall–Kier alpha value is -1.18. The van der Waals surface area contributed by atoms with E-state index < -0.39 is 0 Å². The first-order valence-corrected chi connectivity index (χ1v) is 6.55. The van der Waals surface area contributed by atoms with Gasteiger partial charge in [0, 0.05) is 27.2 Å². The first-order valence-electron chi connectivity index (χ1n) is 6.55. The third-order valence-corrected chi connectivity index (χ3v) is 2.86. The van der Waals surface area contributed by atoms with E-state index in [-0.39, 0.29) is 24.0 Å². The standard InChI is InChI=1S/C14H21N3O2.HI/c1-4-15-14(17(2)3)16-8-7-11-5-6-12-13(9-11)19-10-18-12;/h5-6,9H,4,7-8,10H2,1-3H3,(H,15,16);1H. The topological polar surface area (TPSA) is 46.1 Å². The minimum absolute atomic E-state index is 0. The van der Waals surface area contributed by atoms with Gasteiger partial charge < -0.3 is 19.7 Å². The Kier molecular flexibility index (Phi) is 6.90. The first kappa shape index (κ1) is 16.9. The highest BCUT2D eigenvalue weighted by Gasteiger charge is 2.12. The van der Waals surface area contributed by atoms with Crippen LogP contribution in [0.4, 0.5) is 0 Å². The molecule has 0 saturated carbocycles. The maximum atomic E-state index is 5.36. The van der Waals surface area contributed by atoms with Crippen LogP contribution in [0.15, 0.2) is 23.2 Å². The van der Waals surface area contributed by atoms with Gasteiger partial charge >= 0.3 is 0 Å². The maximum absolute atomic E-state index is 5.36. The number of benzene rings is 1. The second kappa shape index (κ2) is 8.18. The highest BCUT2D eigenvalue weighted by molar-refractivity contribution is 14.0. The molecule has 0 atom stereocenters. The summed E-state index contributed by atoms with van der Waals surface area (Å²) in [6, 6.07) is 6.05. The SMILES string of the molecule is CCNC(=NCCc1ccc2c(c1)OCO2)N(C)C.I. The molecule has 1 aromatic carbocycles. The Morgan fingerprint density at radius 1 is 1.30 bits per heavy atom. The van der Waals surface area contributed by atoms with Crippen molar-refractivity contribution in [3.05, 3.63) is 23.8 Å². The molecule has 0 aromatic heterocycles. The van der Waals surface area contributed by atoms with E-state index in [9.17, 15) is 0 Å². The number of ether oxygens (including phenoxy) is 2. The molecule has 112 valence electrons. The molecule has 1 N–H and O–H groups in total. The quantitative estimate of drug-likeness (QED) is 0.485. The summed E-state index contributed by atoms with van der Waals surface area (Å²) in [6.07, 6.45) is 0.888. The number of rotatable bonds is 4. The molecule has 1 heterocycles. The van der Waals surface area contributed by atoms with Crippen molar-refractivity contribution in [3.63, 3.8) is 0 Å². The van der Waals surface area contributed by atoms with Crippen LogP contribution in [0, 0.1) is 0 Å². The minimum atomic E-state index is 0. The molecular formula is C14H22IN3O2. The highest BCUT2D eigenvalue weighted by atomic mass is 127. The van der Waals surface area contributed by atoms with Gasteiger partial charge in [0.2, 0.25) is 6.79 Å². The van der Waals surface area contributed by atoms with Crippen molar-refractivity contribution in [3.8, 4) is 11.5 Å². The number of nitrogens with one attached hydrogen (secondary N) is 1. The maximum Gasteiger partial charge on any atom is 0.231 e. The van der Waals surface area contributed by atoms with Crippen LogP contribution in [0.3, 0.4) is 0 Å². The number of nitrogens with zero attached hydrogens (tertiary/aromatic N) is 2. The van der Waals surface area contributed by atoms with E-state index in [0.29, 0.717) is 6.79 Å². The molecule has 0 aliphatic carbocycles. The molecule has 0 radical (unpaired) electrons. The number of hydrogen-bond acceptors (Lipinski definition) is 3. The predicted octanol–water partition coefficient (Wildman–Crippen LogP) is 2.10. The minimum Gasteiger partial charge on any atom is -0.454 e. The second-order valence-electron chi connectivity index (χ2n) is 4.57. The van der Waals surface area contributed by atoms with Crippen molar-refractivity contribution in [2.45, 2.75) is 13.3 Å². The average Bonchev–Trinajstić information content (AvgIpc) is 2.85. The summed E-state index contributed by atoms with van der Waals surface area (Å²) in [7, 11) is 3.98. The summed E-state index contributed by atoms with van der Waals surface area (Å²) in [5.41, 5.74) is 1.21. The van der Waals surface area contributed by atoms with Crippen LogP contribution in [0.1, 0.15) is 12.5 Å². The van der Waals surface area contributed by atoms with Crippen LogP contribution >= 0.6 is 24.0 Å². The second-order valence-corrected chi connectivity index (χ2v) is 4.57. The lowest BCUT2D eigenvalue weighted by Gasteiger charge is -2.16. The molecule has 6 heteroatoms. The van der Waals surface area contributed by atoms with E-state index in [0.717, 1.165) is 37.0 Å². The molecule has 0 amide bonds. The molecule has 20 heavy (non-hydrogen) atoms. The summed E-state index contributed by atoms with van der Waals surface area (Å²) < 4.78 is 10.7. The van der Waals surface area contributed by atoms with Crippen LogP contribution < -0.4 is 14.8 Å². The van der Waals surface area contributed by atoms with E-state index in [1.54, 1.807) is 0 Å². The molecule has 0 unspecified atom stereocenters. The summed E-state index contributed by atoms with van der Waals surface area (Å²) in [5, 5.41) is 3.24. The van der Waals surface area contributed by atoms with Gasteiger partial charge in [0.25, 0.3) is 0 Å². The highest BCUT2D eigenvalue weighted by Crippen LogP contribution is 2.32. The normalized spacial score (nSPS) is 12.8. The largest absolute Gasteiger partial charge is 0.454 e. The number of guanidine groups is 1. The van der Waals surface area contributed by atoms with E-state index in [2.05, 4.69) is 23.3 Å². The molecule has 0 fully saturated rings. The molecule has 5 nitrogen and oxygen atoms in total. The molecular weight excluding hydrogens is 369 g/mol. The van der Waals surface area contributed by atoms with Crippen LogP contribution in [0.2, 0.25) is 0 Å². The van der Waals surface area contributed by atoms with Gasteiger partial charge in [0.05, 0.1) is 0 Å². The van der Waals surface area contributed by atoms with Crippen LogP contribution in [-0.2, 0) is 6.42 Å². The fraction of sp³-hybridized carbons (Fsp3) is 0.500. The van der Waals surface area contributed by atoms with Gasteiger partial charge in [0.15, 0.2) is 17.5 Å². The summed E-state index contributed by atoms with van der Waals surface area (Å²) >= 11 is 0. The number of fused-ring (bicyclic) bond motifs is 1. The zero-order chi connectivity index (χ0) is 13.7. The summed E-state index contributed by atoms with van der Waals surface area (Å²) in [4.78, 5) is 6.55. The predicted molar refractivity (Wildman–Crippen MR) is 91.3 cm³/mol. The number of hydrogen-bond donors (Lipinski definition) is 1. The molecule has 0 spiro atoms. The summed E-state index contributed by atoms with van der Waals surface area (Å²) in [5.74, 6) is 2.58. The lowest BCUT2D eigenvalue weighted by molar-refractivity contribution is 0.174. The average molecular weight is 391 g/mol. The molecule has 0 bridgehead atoms. The van der Waals surface area contributed by atoms with Crippen molar-refractivity contribution >= 4 is 29.9 Å². The van der Waals surface area contributed by atoms with Gasteiger partial charge in [-0.05, 0) is 31.0 Å². The fourth-order valence-electron chi connectivity index (χ4n) is 1.90. The van der Waals surface area contributed by atoms with E-state index >= 15 is 0 Å². The Morgan fingerprint density at radius 3 is 2.75 bits per heavy atom. The van der Waals surface area contributed by atoms with Crippen molar-refractivity contribution in [2.24, 2.45) is 4.99 Å². The van der Waals surface area contributed by atoms with E-state index in [1.807, 2.05) is 31.1 Å². The van der Waals surface area contributed by atoms with Gasteiger partial charge in [-0.2, -0.15) is 0 Å². The van der Waals surface area contributed by atoms with Crippen molar-refractivity contribution in [1.29, 1.82) is 0 Å². The summed E-state index contributed by atoms with van der Waals surface area (Å²) in [6.45, 7) is 4.01. The molecule has 0 saturated heterocycles. The monoisotopic (exact) mass is 391 g/mol. The van der Waals surface area contributed by atoms with Crippen molar-refractivity contribution in [1.82, 2.24) is 10.2 Å².